The van der Waals surface area contributed by atoms with Crippen LogP contribution < -0.4 is 10.1 Å². The van der Waals surface area contributed by atoms with Gasteiger partial charge in [-0.25, -0.2) is 0 Å². The van der Waals surface area contributed by atoms with Gasteiger partial charge in [0.15, 0.2) is 0 Å². The van der Waals surface area contributed by atoms with Crippen molar-refractivity contribution in [2.75, 3.05) is 19.3 Å². The summed E-state index contributed by atoms with van der Waals surface area (Å²) in [4.78, 5) is 1.22. The standard InChI is InChI=1S/C10H13NOS/c1-13-10-5-3-2-4-9(10)12-8-6-11-7-8/h2-5,8,11H,6-7H2,1H3. The lowest BCUT2D eigenvalue weighted by Crippen LogP contribution is -2.50. The lowest BCUT2D eigenvalue weighted by molar-refractivity contribution is 0.138. The fourth-order valence-corrected chi connectivity index (χ4v) is 1.77. The van der Waals surface area contributed by atoms with Crippen molar-refractivity contribution in [3.8, 4) is 5.75 Å². The van der Waals surface area contributed by atoms with Gasteiger partial charge in [-0.05, 0) is 18.4 Å². The Bertz CT molecular complexity index is 286. The molecule has 0 bridgehead atoms. The Kier molecular flexibility index (Phi) is 2.76. The third-order valence-corrected chi connectivity index (χ3v) is 2.88. The molecular weight excluding hydrogens is 182 g/mol. The number of thioether (sulfide) groups is 1. The second-order valence-electron chi connectivity index (χ2n) is 3.05. The van der Waals surface area contributed by atoms with Crippen LogP contribution in [0.25, 0.3) is 0 Å². The summed E-state index contributed by atoms with van der Waals surface area (Å²) < 4.78 is 5.79. The predicted octanol–water partition coefficient (Wildman–Crippen LogP) is 1.76. The number of hydrogen-bond acceptors (Lipinski definition) is 3. The molecule has 3 heteroatoms. The highest BCUT2D eigenvalue weighted by Gasteiger charge is 2.19. The number of ether oxygens (including phenoxy) is 1. The van der Waals surface area contributed by atoms with Crippen LogP contribution in [0.3, 0.4) is 0 Å². The number of rotatable bonds is 3. The van der Waals surface area contributed by atoms with Crippen LogP contribution in [0, 0.1) is 0 Å². The lowest BCUT2D eigenvalue weighted by atomic mass is 10.2. The topological polar surface area (TPSA) is 21.3 Å². The van der Waals surface area contributed by atoms with E-state index in [4.69, 9.17) is 4.74 Å². The summed E-state index contributed by atoms with van der Waals surface area (Å²) in [5.74, 6) is 1.02. The molecule has 1 saturated heterocycles. The van der Waals surface area contributed by atoms with Gasteiger partial charge in [0.2, 0.25) is 0 Å². The highest BCUT2D eigenvalue weighted by atomic mass is 32.2. The molecule has 0 aliphatic carbocycles. The van der Waals surface area contributed by atoms with E-state index in [1.54, 1.807) is 11.8 Å². The monoisotopic (exact) mass is 195 g/mol. The van der Waals surface area contributed by atoms with E-state index in [-0.39, 0.29) is 0 Å². The number of nitrogens with one attached hydrogen (secondary N) is 1. The molecule has 0 spiro atoms. The summed E-state index contributed by atoms with van der Waals surface area (Å²) in [5, 5.41) is 3.19. The van der Waals surface area contributed by atoms with Gasteiger partial charge in [0.1, 0.15) is 11.9 Å². The van der Waals surface area contributed by atoms with E-state index in [9.17, 15) is 0 Å². The van der Waals surface area contributed by atoms with Gasteiger partial charge in [0.25, 0.3) is 0 Å². The predicted molar refractivity (Wildman–Crippen MR) is 55.5 cm³/mol. The molecule has 2 nitrogen and oxygen atoms in total. The number of hydrogen-bond donors (Lipinski definition) is 1. The van der Waals surface area contributed by atoms with E-state index in [2.05, 4.69) is 17.6 Å². The average Bonchev–Trinajstić information content (AvgIpc) is 2.12. The molecule has 2 rings (SSSR count). The van der Waals surface area contributed by atoms with Gasteiger partial charge in [-0.1, -0.05) is 12.1 Å². The average molecular weight is 195 g/mol. The van der Waals surface area contributed by atoms with Gasteiger partial charge < -0.3 is 10.1 Å². The highest BCUT2D eigenvalue weighted by molar-refractivity contribution is 7.98. The fraction of sp³-hybridized carbons (Fsp3) is 0.400. The number of benzene rings is 1. The summed E-state index contributed by atoms with van der Waals surface area (Å²) in [6.07, 6.45) is 2.44. The smallest absolute Gasteiger partial charge is 0.133 e. The second-order valence-corrected chi connectivity index (χ2v) is 3.90. The van der Waals surface area contributed by atoms with Crippen LogP contribution in [0.5, 0.6) is 5.75 Å². The summed E-state index contributed by atoms with van der Waals surface area (Å²) >= 11 is 1.73. The molecule has 0 atom stereocenters. The van der Waals surface area contributed by atoms with Crippen LogP contribution in [0.15, 0.2) is 29.2 Å². The van der Waals surface area contributed by atoms with E-state index in [0.717, 1.165) is 18.8 Å². The van der Waals surface area contributed by atoms with Gasteiger partial charge in [-0.15, -0.1) is 11.8 Å². The first-order valence-corrected chi connectivity index (χ1v) is 5.63. The minimum atomic E-state index is 0.369. The molecule has 0 amide bonds. The first-order valence-electron chi connectivity index (χ1n) is 4.40. The molecule has 0 saturated carbocycles. The van der Waals surface area contributed by atoms with Crippen molar-refractivity contribution in [2.45, 2.75) is 11.0 Å². The van der Waals surface area contributed by atoms with Crippen LogP contribution in [0.1, 0.15) is 0 Å². The molecule has 1 N–H and O–H groups in total. The molecule has 70 valence electrons. The Morgan fingerprint density at radius 1 is 1.38 bits per heavy atom. The molecule has 0 radical (unpaired) electrons. The SMILES string of the molecule is CSc1ccccc1OC1CNC1. The van der Waals surface area contributed by atoms with Gasteiger partial charge in [0, 0.05) is 18.0 Å². The van der Waals surface area contributed by atoms with Crippen molar-refractivity contribution in [3.63, 3.8) is 0 Å². The highest BCUT2D eigenvalue weighted by Crippen LogP contribution is 2.28. The minimum Gasteiger partial charge on any atom is -0.487 e. The summed E-state index contributed by atoms with van der Waals surface area (Å²) in [6.45, 7) is 1.95. The molecule has 1 aliphatic rings. The maximum Gasteiger partial charge on any atom is 0.133 e. The van der Waals surface area contributed by atoms with Crippen molar-refractivity contribution in [2.24, 2.45) is 0 Å². The van der Waals surface area contributed by atoms with Gasteiger partial charge in [0.05, 0.1) is 0 Å². The van der Waals surface area contributed by atoms with Crippen molar-refractivity contribution in [3.05, 3.63) is 24.3 Å². The fourth-order valence-electron chi connectivity index (χ4n) is 1.24. The molecule has 1 aromatic carbocycles. The first kappa shape index (κ1) is 8.91. The zero-order chi connectivity index (χ0) is 9.10. The van der Waals surface area contributed by atoms with Gasteiger partial charge in [-0.2, -0.15) is 0 Å². The molecular formula is C10H13NOS. The molecule has 0 unspecified atom stereocenters. The molecule has 1 fully saturated rings. The summed E-state index contributed by atoms with van der Waals surface area (Å²) in [7, 11) is 0. The molecule has 13 heavy (non-hydrogen) atoms. The Morgan fingerprint density at radius 3 is 2.77 bits per heavy atom. The Hall–Kier alpha value is -0.670. The largest absolute Gasteiger partial charge is 0.487 e. The van der Waals surface area contributed by atoms with E-state index in [0.29, 0.717) is 6.10 Å². The van der Waals surface area contributed by atoms with Crippen molar-refractivity contribution >= 4 is 11.8 Å². The summed E-state index contributed by atoms with van der Waals surface area (Å²) in [6, 6.07) is 8.18. The van der Waals surface area contributed by atoms with E-state index in [1.165, 1.54) is 4.90 Å². The zero-order valence-electron chi connectivity index (χ0n) is 7.62. The van der Waals surface area contributed by atoms with Gasteiger partial charge >= 0.3 is 0 Å². The third-order valence-electron chi connectivity index (χ3n) is 2.11. The molecule has 0 aromatic heterocycles. The van der Waals surface area contributed by atoms with E-state index >= 15 is 0 Å². The maximum atomic E-state index is 5.79. The van der Waals surface area contributed by atoms with Crippen molar-refractivity contribution in [1.29, 1.82) is 0 Å². The molecule has 1 aromatic rings. The van der Waals surface area contributed by atoms with Crippen LogP contribution in [-0.4, -0.2) is 25.4 Å². The summed E-state index contributed by atoms with van der Waals surface area (Å²) in [5.41, 5.74) is 0. The van der Waals surface area contributed by atoms with Crippen molar-refractivity contribution in [1.82, 2.24) is 5.32 Å². The van der Waals surface area contributed by atoms with Crippen LogP contribution in [0.4, 0.5) is 0 Å². The normalized spacial score (nSPS) is 16.7. The first-order chi connectivity index (χ1) is 6.40. The van der Waals surface area contributed by atoms with Gasteiger partial charge in [-0.3, -0.25) is 0 Å². The third kappa shape index (κ3) is 1.98. The minimum absolute atomic E-state index is 0.369. The maximum absolute atomic E-state index is 5.79. The Balaban J connectivity index is 2.08. The molecule has 1 aliphatic heterocycles. The zero-order valence-corrected chi connectivity index (χ0v) is 8.43. The quantitative estimate of drug-likeness (QED) is 0.743. The second kappa shape index (κ2) is 4.03. The Morgan fingerprint density at radius 2 is 2.15 bits per heavy atom. The lowest BCUT2D eigenvalue weighted by Gasteiger charge is -2.28. The molecule has 1 heterocycles. The van der Waals surface area contributed by atoms with Crippen LogP contribution in [0.2, 0.25) is 0 Å². The number of para-hydroxylation sites is 1. The van der Waals surface area contributed by atoms with Crippen LogP contribution in [-0.2, 0) is 0 Å². The van der Waals surface area contributed by atoms with Crippen molar-refractivity contribution < 1.29 is 4.74 Å². The van der Waals surface area contributed by atoms with Crippen LogP contribution >= 0.6 is 11.8 Å². The van der Waals surface area contributed by atoms with E-state index in [1.807, 2.05) is 18.2 Å². The Labute approximate surface area is 82.7 Å². The van der Waals surface area contributed by atoms with E-state index < -0.39 is 0 Å².